The largest absolute Gasteiger partial charge is 0.379 e. The molecule has 0 radical (unpaired) electrons. The van der Waals surface area contributed by atoms with Gasteiger partial charge in [-0.2, -0.15) is 0 Å². The predicted molar refractivity (Wildman–Crippen MR) is 127 cm³/mol. The number of rotatable bonds is 8. The maximum absolute atomic E-state index is 13.4. The average molecular weight is 474 g/mol. The predicted octanol–water partition coefficient (Wildman–Crippen LogP) is 3.46. The number of para-hydroxylation sites is 1. The highest BCUT2D eigenvalue weighted by atomic mass is 32.2. The van der Waals surface area contributed by atoms with Crippen LogP contribution in [-0.2, 0) is 14.6 Å². The van der Waals surface area contributed by atoms with Crippen LogP contribution in [0.1, 0.15) is 23.7 Å². The number of carbonyl (C=O) groups excluding carboxylic acids is 1. The molecular formula is C23H27N3O4S2. The molecule has 0 atom stereocenters. The molecule has 0 bridgehead atoms. The van der Waals surface area contributed by atoms with Crippen LogP contribution in [0.3, 0.4) is 0 Å². The lowest BCUT2D eigenvalue weighted by atomic mass is 10.2. The number of benzene rings is 2. The monoisotopic (exact) mass is 473 g/mol. The van der Waals surface area contributed by atoms with Gasteiger partial charge >= 0.3 is 0 Å². The summed E-state index contributed by atoms with van der Waals surface area (Å²) in [5.74, 6) is -0.147. The number of morpholine rings is 1. The van der Waals surface area contributed by atoms with Crippen molar-refractivity contribution in [3.05, 3.63) is 54.1 Å². The summed E-state index contributed by atoms with van der Waals surface area (Å²) in [6.45, 7) is 6.32. The molecule has 9 heteroatoms. The van der Waals surface area contributed by atoms with Crippen molar-refractivity contribution in [1.29, 1.82) is 0 Å². The van der Waals surface area contributed by atoms with E-state index in [9.17, 15) is 13.2 Å². The number of aromatic nitrogens is 1. The molecular weight excluding hydrogens is 446 g/mol. The van der Waals surface area contributed by atoms with Crippen LogP contribution in [0.2, 0.25) is 0 Å². The van der Waals surface area contributed by atoms with Gasteiger partial charge in [0.25, 0.3) is 5.91 Å². The van der Waals surface area contributed by atoms with Crippen LogP contribution < -0.4 is 4.90 Å². The van der Waals surface area contributed by atoms with Crippen molar-refractivity contribution in [2.75, 3.05) is 50.0 Å². The fourth-order valence-corrected chi connectivity index (χ4v) is 5.54. The van der Waals surface area contributed by atoms with E-state index >= 15 is 0 Å². The Bertz CT molecular complexity index is 1140. The standard InChI is InChI=1S/C23H27N3O4S2/c1-2-32(28,29)19-10-8-18(9-11-19)22(27)26(13-5-12-25-14-16-30-17-15-25)23-24-20-6-3-4-7-21(20)31-23/h3-4,6-11H,2,5,12-17H2,1H3. The van der Waals surface area contributed by atoms with Crippen molar-refractivity contribution < 1.29 is 17.9 Å². The molecule has 0 spiro atoms. The molecule has 0 unspecified atom stereocenters. The van der Waals surface area contributed by atoms with Gasteiger partial charge in [0.15, 0.2) is 15.0 Å². The van der Waals surface area contributed by atoms with Crippen molar-refractivity contribution >= 4 is 42.4 Å². The number of amides is 1. The Morgan fingerprint density at radius 2 is 1.84 bits per heavy atom. The van der Waals surface area contributed by atoms with Gasteiger partial charge in [-0.25, -0.2) is 13.4 Å². The lowest BCUT2D eigenvalue weighted by molar-refractivity contribution is 0.0376. The fourth-order valence-electron chi connectivity index (χ4n) is 3.66. The van der Waals surface area contributed by atoms with E-state index in [1.807, 2.05) is 24.3 Å². The van der Waals surface area contributed by atoms with Gasteiger partial charge in [-0.05, 0) is 42.8 Å². The molecule has 1 fully saturated rings. The Hall–Kier alpha value is -2.33. The van der Waals surface area contributed by atoms with Crippen molar-refractivity contribution in [3.8, 4) is 0 Å². The Morgan fingerprint density at radius 1 is 1.12 bits per heavy atom. The SMILES string of the molecule is CCS(=O)(=O)c1ccc(C(=O)N(CCCN2CCOCC2)c2nc3ccccc3s2)cc1. The number of ether oxygens (including phenoxy) is 1. The molecule has 1 aliphatic heterocycles. The highest BCUT2D eigenvalue weighted by Gasteiger charge is 2.22. The van der Waals surface area contributed by atoms with Gasteiger partial charge in [-0.1, -0.05) is 30.4 Å². The van der Waals surface area contributed by atoms with Gasteiger partial charge in [0.1, 0.15) is 0 Å². The van der Waals surface area contributed by atoms with Gasteiger partial charge in [-0.15, -0.1) is 0 Å². The maximum atomic E-state index is 13.4. The Morgan fingerprint density at radius 3 is 2.53 bits per heavy atom. The zero-order valence-corrected chi connectivity index (χ0v) is 19.7. The summed E-state index contributed by atoms with van der Waals surface area (Å²) in [6.07, 6.45) is 0.809. The third-order valence-corrected chi connectivity index (χ3v) is 8.37. The number of hydrogen-bond acceptors (Lipinski definition) is 7. The number of carbonyl (C=O) groups is 1. The highest BCUT2D eigenvalue weighted by molar-refractivity contribution is 7.91. The van der Waals surface area contributed by atoms with Crippen LogP contribution >= 0.6 is 11.3 Å². The minimum absolute atomic E-state index is 0.0274. The lowest BCUT2D eigenvalue weighted by Crippen LogP contribution is -2.39. The van der Waals surface area contributed by atoms with Crippen LogP contribution in [0, 0.1) is 0 Å². The first-order valence-electron chi connectivity index (χ1n) is 10.8. The maximum Gasteiger partial charge on any atom is 0.260 e. The van der Waals surface area contributed by atoms with E-state index in [0.29, 0.717) is 17.2 Å². The smallest absolute Gasteiger partial charge is 0.260 e. The average Bonchev–Trinajstić information content (AvgIpc) is 3.26. The summed E-state index contributed by atoms with van der Waals surface area (Å²) in [7, 11) is -3.31. The van der Waals surface area contributed by atoms with Crippen LogP contribution in [0.15, 0.2) is 53.4 Å². The third kappa shape index (κ3) is 5.17. The summed E-state index contributed by atoms with van der Waals surface area (Å²) in [6, 6.07) is 14.0. The molecule has 1 aromatic heterocycles. The van der Waals surface area contributed by atoms with E-state index in [-0.39, 0.29) is 16.6 Å². The van der Waals surface area contributed by atoms with Crippen LogP contribution in [0.4, 0.5) is 5.13 Å². The summed E-state index contributed by atoms with van der Waals surface area (Å²) in [5.41, 5.74) is 1.31. The van der Waals surface area contributed by atoms with E-state index in [0.717, 1.165) is 49.5 Å². The minimum atomic E-state index is -3.31. The molecule has 7 nitrogen and oxygen atoms in total. The number of sulfone groups is 1. The van der Waals surface area contributed by atoms with Crippen LogP contribution in [-0.4, -0.2) is 69.4 Å². The molecule has 0 aliphatic carbocycles. The van der Waals surface area contributed by atoms with Gasteiger partial charge in [0.05, 0.1) is 34.1 Å². The third-order valence-electron chi connectivity index (χ3n) is 5.56. The van der Waals surface area contributed by atoms with E-state index < -0.39 is 9.84 Å². The first-order chi connectivity index (χ1) is 15.5. The second kappa shape index (κ2) is 10.1. The van der Waals surface area contributed by atoms with E-state index in [1.165, 1.54) is 23.5 Å². The fraction of sp³-hybridized carbons (Fsp3) is 0.391. The van der Waals surface area contributed by atoms with Crippen molar-refractivity contribution in [2.45, 2.75) is 18.2 Å². The number of thiazole rings is 1. The lowest BCUT2D eigenvalue weighted by Gasteiger charge is -2.27. The molecule has 4 rings (SSSR count). The van der Waals surface area contributed by atoms with Crippen molar-refractivity contribution in [3.63, 3.8) is 0 Å². The number of fused-ring (bicyclic) bond motifs is 1. The summed E-state index contributed by atoms with van der Waals surface area (Å²) >= 11 is 1.49. The van der Waals surface area contributed by atoms with Crippen LogP contribution in [0.25, 0.3) is 10.2 Å². The number of anilines is 1. The van der Waals surface area contributed by atoms with Gasteiger partial charge in [0, 0.05) is 31.7 Å². The zero-order chi connectivity index (χ0) is 22.6. The molecule has 170 valence electrons. The van der Waals surface area contributed by atoms with Gasteiger partial charge < -0.3 is 4.74 Å². The molecule has 2 heterocycles. The number of nitrogens with zero attached hydrogens (tertiary/aromatic N) is 3. The van der Waals surface area contributed by atoms with Gasteiger partial charge in [-0.3, -0.25) is 14.6 Å². The van der Waals surface area contributed by atoms with Crippen LogP contribution in [0.5, 0.6) is 0 Å². The molecule has 2 aromatic carbocycles. The molecule has 3 aromatic rings. The normalized spacial score (nSPS) is 15.2. The zero-order valence-electron chi connectivity index (χ0n) is 18.1. The molecule has 0 N–H and O–H groups in total. The van der Waals surface area contributed by atoms with E-state index in [4.69, 9.17) is 4.74 Å². The van der Waals surface area contributed by atoms with E-state index in [2.05, 4.69) is 9.88 Å². The highest BCUT2D eigenvalue weighted by Crippen LogP contribution is 2.30. The van der Waals surface area contributed by atoms with Gasteiger partial charge in [0.2, 0.25) is 0 Å². The molecule has 32 heavy (non-hydrogen) atoms. The molecule has 0 saturated carbocycles. The van der Waals surface area contributed by atoms with Crippen molar-refractivity contribution in [2.24, 2.45) is 0 Å². The molecule has 1 saturated heterocycles. The molecule has 1 aliphatic rings. The molecule has 1 amide bonds. The topological polar surface area (TPSA) is 79.8 Å². The Labute approximate surface area is 192 Å². The first kappa shape index (κ1) is 22.8. The quantitative estimate of drug-likeness (QED) is 0.499. The first-order valence-corrected chi connectivity index (χ1v) is 13.2. The number of hydrogen-bond donors (Lipinski definition) is 0. The second-order valence-electron chi connectivity index (χ2n) is 7.66. The Kier molecular flexibility index (Phi) is 7.20. The second-order valence-corrected chi connectivity index (χ2v) is 10.9. The Balaban J connectivity index is 1.56. The van der Waals surface area contributed by atoms with E-state index in [1.54, 1.807) is 24.0 Å². The summed E-state index contributed by atoms with van der Waals surface area (Å²) in [4.78, 5) is 22.4. The minimum Gasteiger partial charge on any atom is -0.379 e. The summed E-state index contributed by atoms with van der Waals surface area (Å²) < 4.78 is 30.7. The van der Waals surface area contributed by atoms with Crippen molar-refractivity contribution in [1.82, 2.24) is 9.88 Å². The summed E-state index contributed by atoms with van der Waals surface area (Å²) in [5, 5.41) is 0.656.